The number of rotatable bonds is 11. The number of aliphatic imine (C=N–C) groups is 1. The van der Waals surface area contributed by atoms with E-state index in [0.717, 1.165) is 37.4 Å². The Morgan fingerprint density at radius 1 is 1.10 bits per heavy atom. The number of carbonyl (C=O) groups is 2. The number of guanidine groups is 1. The van der Waals surface area contributed by atoms with Crippen LogP contribution in [0.5, 0.6) is 0 Å². The van der Waals surface area contributed by atoms with Crippen LogP contribution in [0.25, 0.3) is 0 Å². The third-order valence-corrected chi connectivity index (χ3v) is 9.45. The van der Waals surface area contributed by atoms with E-state index >= 15 is 0 Å². The van der Waals surface area contributed by atoms with Crippen LogP contribution in [0.3, 0.4) is 0 Å². The molecule has 0 saturated carbocycles. The Balaban J connectivity index is 1.27. The van der Waals surface area contributed by atoms with Crippen molar-refractivity contribution in [3.8, 4) is 0 Å². The molecule has 0 aromatic heterocycles. The summed E-state index contributed by atoms with van der Waals surface area (Å²) in [6, 6.07) is 14.3. The van der Waals surface area contributed by atoms with Crippen LogP contribution in [0.4, 0.5) is 0 Å². The van der Waals surface area contributed by atoms with Gasteiger partial charge in [0.2, 0.25) is 11.8 Å². The van der Waals surface area contributed by atoms with Crippen LogP contribution in [0.1, 0.15) is 61.3 Å². The third kappa shape index (κ3) is 7.63. The van der Waals surface area contributed by atoms with Gasteiger partial charge >= 0.3 is 0 Å². The molecule has 2 aliphatic heterocycles. The van der Waals surface area contributed by atoms with E-state index in [4.69, 9.17) is 5.73 Å². The molecule has 2 saturated heterocycles. The lowest BCUT2D eigenvalue weighted by molar-refractivity contribution is -0.161. The number of nitrogens with zero attached hydrogens (tertiary/aromatic N) is 3. The lowest BCUT2D eigenvalue weighted by atomic mass is 9.81. The predicted octanol–water partition coefficient (Wildman–Crippen LogP) is 4.12. The minimum absolute atomic E-state index is 0.00294. The van der Waals surface area contributed by atoms with E-state index in [9.17, 15) is 9.59 Å². The molecule has 1 spiro atoms. The van der Waals surface area contributed by atoms with Crippen LogP contribution in [0, 0.1) is 20.8 Å². The maximum Gasteiger partial charge on any atom is 0.246 e. The summed E-state index contributed by atoms with van der Waals surface area (Å²) in [5.74, 6) is 0.405. The van der Waals surface area contributed by atoms with Gasteiger partial charge in [-0.25, -0.2) is 0 Å². The van der Waals surface area contributed by atoms with E-state index in [-0.39, 0.29) is 11.8 Å². The van der Waals surface area contributed by atoms with Crippen LogP contribution < -0.4 is 15.8 Å². The SMILES string of the molecule is CCCN1C(=O)[C@H](CCCN=C(N)NSc2c(C)cc(C)cc2C)NC(=O)C12CCN(CCc1ccccc1)CC2. The Kier molecular flexibility index (Phi) is 10.7. The van der Waals surface area contributed by atoms with E-state index < -0.39 is 11.6 Å². The normalized spacial score (nSPS) is 19.5. The maximum atomic E-state index is 13.6. The topological polar surface area (TPSA) is 103 Å². The summed E-state index contributed by atoms with van der Waals surface area (Å²) in [7, 11) is 0. The minimum atomic E-state index is -0.733. The van der Waals surface area contributed by atoms with Crippen LogP contribution >= 0.6 is 11.9 Å². The van der Waals surface area contributed by atoms with E-state index in [1.165, 1.54) is 34.2 Å². The number of hydrogen-bond donors (Lipinski definition) is 3. The fourth-order valence-electron chi connectivity index (χ4n) is 6.15. The number of carbonyl (C=O) groups excluding carboxylic acids is 2. The molecule has 2 aromatic rings. The first-order valence-corrected chi connectivity index (χ1v) is 15.7. The summed E-state index contributed by atoms with van der Waals surface area (Å²) in [6.45, 7) is 12.0. The average Bonchev–Trinajstić information content (AvgIpc) is 2.95. The maximum absolute atomic E-state index is 13.6. The van der Waals surface area contributed by atoms with Crippen LogP contribution in [0.2, 0.25) is 0 Å². The number of aryl methyl sites for hydroxylation is 3. The lowest BCUT2D eigenvalue weighted by Gasteiger charge is -2.51. The molecular formula is C32H46N6O2S. The third-order valence-electron chi connectivity index (χ3n) is 8.29. The molecule has 8 nitrogen and oxygen atoms in total. The molecule has 1 atom stereocenters. The zero-order chi connectivity index (χ0) is 29.4. The highest BCUT2D eigenvalue weighted by molar-refractivity contribution is 7.98. The van der Waals surface area contributed by atoms with Crippen LogP contribution in [0.15, 0.2) is 52.4 Å². The summed E-state index contributed by atoms with van der Waals surface area (Å²) in [5.41, 5.74) is 10.3. The number of piperazine rings is 1. The minimum Gasteiger partial charge on any atom is -0.369 e. The van der Waals surface area contributed by atoms with Gasteiger partial charge in [0.1, 0.15) is 11.6 Å². The van der Waals surface area contributed by atoms with Gasteiger partial charge in [0.15, 0.2) is 5.96 Å². The molecule has 0 aliphatic carbocycles. The number of benzene rings is 2. The highest BCUT2D eigenvalue weighted by atomic mass is 32.2. The van der Waals surface area contributed by atoms with Crippen molar-refractivity contribution in [1.29, 1.82) is 0 Å². The second kappa shape index (κ2) is 14.2. The molecular weight excluding hydrogens is 532 g/mol. The molecule has 2 heterocycles. The van der Waals surface area contributed by atoms with Gasteiger partial charge in [0.25, 0.3) is 0 Å². The van der Waals surface area contributed by atoms with Gasteiger partial charge < -0.3 is 20.9 Å². The fourth-order valence-corrected chi connectivity index (χ4v) is 6.86. The molecule has 0 unspecified atom stereocenters. The number of nitrogens with two attached hydrogens (primary N) is 1. The first-order valence-electron chi connectivity index (χ1n) is 14.9. The zero-order valence-electron chi connectivity index (χ0n) is 25.0. The molecule has 4 rings (SSSR count). The van der Waals surface area contributed by atoms with Gasteiger partial charge in [0.05, 0.1) is 0 Å². The van der Waals surface area contributed by atoms with Crippen molar-refractivity contribution in [3.05, 3.63) is 64.7 Å². The first-order chi connectivity index (χ1) is 19.7. The van der Waals surface area contributed by atoms with Crippen molar-refractivity contribution in [2.24, 2.45) is 10.7 Å². The first kappa shape index (κ1) is 30.9. The highest BCUT2D eigenvalue weighted by Gasteiger charge is 2.52. The Morgan fingerprint density at radius 2 is 1.78 bits per heavy atom. The molecule has 41 heavy (non-hydrogen) atoms. The Hall–Kier alpha value is -3.04. The molecule has 9 heteroatoms. The fraction of sp³-hybridized carbons (Fsp3) is 0.531. The summed E-state index contributed by atoms with van der Waals surface area (Å²) < 4.78 is 3.13. The van der Waals surface area contributed by atoms with E-state index in [2.05, 4.69) is 84.0 Å². The van der Waals surface area contributed by atoms with Crippen molar-refractivity contribution >= 4 is 29.7 Å². The Labute approximate surface area is 249 Å². The monoisotopic (exact) mass is 578 g/mol. The van der Waals surface area contributed by atoms with E-state index in [0.29, 0.717) is 44.7 Å². The number of hydrogen-bond acceptors (Lipinski definition) is 5. The molecule has 0 radical (unpaired) electrons. The molecule has 4 N–H and O–H groups in total. The number of nitrogens with one attached hydrogen (secondary N) is 2. The van der Waals surface area contributed by atoms with Gasteiger partial charge in [-0.2, -0.15) is 0 Å². The van der Waals surface area contributed by atoms with E-state index in [1.807, 2.05) is 11.0 Å². The second-order valence-electron chi connectivity index (χ2n) is 11.5. The summed E-state index contributed by atoms with van der Waals surface area (Å²) in [6.07, 6.45) is 4.38. The molecule has 2 aromatic carbocycles. The largest absolute Gasteiger partial charge is 0.369 e. The van der Waals surface area contributed by atoms with Gasteiger partial charge in [-0.3, -0.25) is 19.3 Å². The van der Waals surface area contributed by atoms with Crippen molar-refractivity contribution in [2.75, 3.05) is 32.7 Å². The molecule has 0 bridgehead atoms. The number of amides is 2. The van der Waals surface area contributed by atoms with Gasteiger partial charge in [-0.1, -0.05) is 55.0 Å². The molecule has 2 fully saturated rings. The van der Waals surface area contributed by atoms with E-state index in [1.54, 1.807) is 0 Å². The number of likely N-dealkylation sites (tertiary alicyclic amines) is 1. The van der Waals surface area contributed by atoms with Crippen molar-refractivity contribution < 1.29 is 9.59 Å². The molecule has 2 amide bonds. The van der Waals surface area contributed by atoms with Gasteiger partial charge in [-0.05, 0) is 87.9 Å². The predicted molar refractivity (Wildman–Crippen MR) is 168 cm³/mol. The summed E-state index contributed by atoms with van der Waals surface area (Å²) in [5, 5.41) is 3.09. The lowest BCUT2D eigenvalue weighted by Crippen LogP contribution is -2.72. The van der Waals surface area contributed by atoms with Crippen molar-refractivity contribution in [3.63, 3.8) is 0 Å². The zero-order valence-corrected chi connectivity index (χ0v) is 25.9. The molecule has 222 valence electrons. The second-order valence-corrected chi connectivity index (χ2v) is 12.3. The van der Waals surface area contributed by atoms with Crippen molar-refractivity contribution in [1.82, 2.24) is 19.8 Å². The highest BCUT2D eigenvalue weighted by Crippen LogP contribution is 2.34. The standard InChI is InChI=1S/C32H46N6O2S/c1-5-17-38-29(39)27(12-9-16-34-31(33)36-41-28-24(3)21-23(2)22-25(28)4)35-30(40)32(38)14-19-37(20-15-32)18-13-26-10-7-6-8-11-26/h6-8,10-11,21-22,27H,5,9,12-20H2,1-4H3,(H,35,40)(H3,33,34,36)/t27-/m0/s1. The van der Waals surface area contributed by atoms with Gasteiger partial charge in [-0.15, -0.1) is 0 Å². The Morgan fingerprint density at radius 3 is 2.44 bits per heavy atom. The quantitative estimate of drug-likeness (QED) is 0.161. The summed E-state index contributed by atoms with van der Waals surface area (Å²) in [4.78, 5) is 37.1. The van der Waals surface area contributed by atoms with Gasteiger partial charge in [0, 0.05) is 37.6 Å². The van der Waals surface area contributed by atoms with Crippen LogP contribution in [-0.2, 0) is 16.0 Å². The molecule has 2 aliphatic rings. The summed E-state index contributed by atoms with van der Waals surface area (Å²) >= 11 is 1.47. The Bertz CT molecular complexity index is 1200. The van der Waals surface area contributed by atoms with Crippen LogP contribution in [-0.4, -0.2) is 71.9 Å². The smallest absolute Gasteiger partial charge is 0.246 e. The average molecular weight is 579 g/mol. The number of piperidine rings is 1. The van der Waals surface area contributed by atoms with Crippen molar-refractivity contribution in [2.45, 2.75) is 82.7 Å².